The maximum Gasteiger partial charge on any atom is 0.317 e. The second-order valence-electron chi connectivity index (χ2n) is 5.95. The number of likely N-dealkylation sites (N-methyl/N-ethyl adjacent to an activating group) is 1. The molecule has 1 amide bonds. The van der Waals surface area contributed by atoms with Crippen molar-refractivity contribution in [3.63, 3.8) is 0 Å². The zero-order valence-electron chi connectivity index (χ0n) is 13.0. The number of aliphatic hydroxyl groups excluding tert-OH is 1. The number of carboxylic acid groups (broad SMARTS) is 1. The minimum absolute atomic E-state index is 0.0596. The van der Waals surface area contributed by atoms with Gasteiger partial charge in [0.15, 0.2) is 5.76 Å². The Balaban J connectivity index is 1.76. The molecule has 3 rings (SSSR count). The van der Waals surface area contributed by atoms with Crippen LogP contribution in [0.1, 0.15) is 10.6 Å². The summed E-state index contributed by atoms with van der Waals surface area (Å²) in [5.74, 6) is -1.79. The summed E-state index contributed by atoms with van der Waals surface area (Å²) in [6.07, 6.45) is -0.847. The lowest BCUT2D eigenvalue weighted by atomic mass is 10.2. The van der Waals surface area contributed by atoms with E-state index in [0.717, 1.165) is 0 Å². The third-order valence-corrected chi connectivity index (χ3v) is 4.19. The fourth-order valence-corrected chi connectivity index (χ4v) is 2.97. The van der Waals surface area contributed by atoms with Crippen molar-refractivity contribution >= 4 is 22.8 Å². The second-order valence-corrected chi connectivity index (χ2v) is 5.95. The standard InChI is InChI=1S/C16H17FN2O5/c1-18(8-15(21)22)11-6-19(7-12(11)20)16(23)14-5-9-4-10(17)2-3-13(9)24-14/h2-5,11-12,20H,6-8H2,1H3,(H,21,22)/t11-,12+/m0/s1. The van der Waals surface area contributed by atoms with Crippen LogP contribution in [0.5, 0.6) is 0 Å². The van der Waals surface area contributed by atoms with E-state index in [0.29, 0.717) is 11.0 Å². The van der Waals surface area contributed by atoms with Crippen LogP contribution in [0.4, 0.5) is 4.39 Å². The molecule has 7 nitrogen and oxygen atoms in total. The second kappa shape index (κ2) is 6.21. The van der Waals surface area contributed by atoms with Gasteiger partial charge >= 0.3 is 5.97 Å². The molecule has 1 aromatic carbocycles. The summed E-state index contributed by atoms with van der Waals surface area (Å²) >= 11 is 0. The van der Waals surface area contributed by atoms with Crippen molar-refractivity contribution in [3.05, 3.63) is 35.8 Å². The molecule has 2 aromatic rings. The molecule has 24 heavy (non-hydrogen) atoms. The summed E-state index contributed by atoms with van der Waals surface area (Å²) in [6, 6.07) is 4.96. The van der Waals surface area contributed by atoms with E-state index in [9.17, 15) is 19.1 Å². The Bertz CT molecular complexity index is 790. The molecule has 2 atom stereocenters. The van der Waals surface area contributed by atoms with Crippen molar-refractivity contribution in [1.29, 1.82) is 0 Å². The first-order valence-corrected chi connectivity index (χ1v) is 7.43. The number of benzene rings is 1. The van der Waals surface area contributed by atoms with E-state index in [1.807, 2.05) is 0 Å². The van der Waals surface area contributed by atoms with Gasteiger partial charge in [-0.05, 0) is 31.3 Å². The van der Waals surface area contributed by atoms with Crippen molar-refractivity contribution in [2.75, 3.05) is 26.7 Å². The molecular weight excluding hydrogens is 319 g/mol. The quantitative estimate of drug-likeness (QED) is 0.857. The molecule has 0 aliphatic carbocycles. The molecule has 0 bridgehead atoms. The molecular formula is C16H17FN2O5. The SMILES string of the molecule is CN(CC(=O)O)[C@H]1CN(C(=O)c2cc3cc(F)ccc3o2)C[C@H]1O. The first-order valence-electron chi connectivity index (χ1n) is 7.43. The third-order valence-electron chi connectivity index (χ3n) is 4.19. The van der Waals surface area contributed by atoms with Gasteiger partial charge in [-0.3, -0.25) is 14.5 Å². The normalized spacial score (nSPS) is 20.9. The Labute approximate surface area is 136 Å². The molecule has 128 valence electrons. The molecule has 1 fully saturated rings. The number of nitrogens with zero attached hydrogens (tertiary/aromatic N) is 2. The minimum atomic E-state index is -1.01. The van der Waals surface area contributed by atoms with Crippen molar-refractivity contribution in [1.82, 2.24) is 9.80 Å². The van der Waals surface area contributed by atoms with E-state index in [2.05, 4.69) is 0 Å². The van der Waals surface area contributed by atoms with Crippen LogP contribution in [0.3, 0.4) is 0 Å². The Morgan fingerprint density at radius 2 is 2.12 bits per heavy atom. The highest BCUT2D eigenvalue weighted by atomic mass is 19.1. The summed E-state index contributed by atoms with van der Waals surface area (Å²) in [5.41, 5.74) is 0.402. The van der Waals surface area contributed by atoms with Crippen molar-refractivity contribution in [2.45, 2.75) is 12.1 Å². The number of carboxylic acids is 1. The van der Waals surface area contributed by atoms with Crippen molar-refractivity contribution in [2.24, 2.45) is 0 Å². The van der Waals surface area contributed by atoms with Crippen LogP contribution < -0.4 is 0 Å². The van der Waals surface area contributed by atoms with Crippen LogP contribution in [0, 0.1) is 5.82 Å². The molecule has 1 aromatic heterocycles. The summed E-state index contributed by atoms with van der Waals surface area (Å²) < 4.78 is 18.7. The number of furan rings is 1. The average Bonchev–Trinajstić information content (AvgIpc) is 3.08. The molecule has 8 heteroatoms. The lowest BCUT2D eigenvalue weighted by Gasteiger charge is -2.24. The van der Waals surface area contributed by atoms with Crippen LogP contribution in [0.25, 0.3) is 11.0 Å². The number of amides is 1. The molecule has 1 saturated heterocycles. The Kier molecular flexibility index (Phi) is 4.25. The van der Waals surface area contributed by atoms with Crippen LogP contribution >= 0.6 is 0 Å². The number of hydrogen-bond donors (Lipinski definition) is 2. The number of carbonyl (C=O) groups excluding carboxylic acids is 1. The number of fused-ring (bicyclic) bond motifs is 1. The number of hydrogen-bond acceptors (Lipinski definition) is 5. The lowest BCUT2D eigenvalue weighted by molar-refractivity contribution is -0.138. The van der Waals surface area contributed by atoms with Gasteiger partial charge in [-0.2, -0.15) is 0 Å². The smallest absolute Gasteiger partial charge is 0.317 e. The Morgan fingerprint density at radius 3 is 2.83 bits per heavy atom. The molecule has 1 aliphatic heterocycles. The molecule has 1 aliphatic rings. The fraction of sp³-hybridized carbons (Fsp3) is 0.375. The molecule has 2 N–H and O–H groups in total. The highest BCUT2D eigenvalue weighted by molar-refractivity contribution is 5.96. The van der Waals surface area contributed by atoms with E-state index >= 15 is 0 Å². The highest BCUT2D eigenvalue weighted by Crippen LogP contribution is 2.24. The van der Waals surface area contributed by atoms with E-state index in [-0.39, 0.29) is 25.4 Å². The van der Waals surface area contributed by atoms with Crippen LogP contribution in [-0.2, 0) is 4.79 Å². The molecule has 0 radical (unpaired) electrons. The summed E-state index contributed by atoms with van der Waals surface area (Å²) in [7, 11) is 1.58. The molecule has 0 unspecified atom stereocenters. The molecule has 0 spiro atoms. The zero-order chi connectivity index (χ0) is 17.4. The van der Waals surface area contributed by atoms with E-state index in [1.54, 1.807) is 7.05 Å². The number of rotatable bonds is 4. The van der Waals surface area contributed by atoms with Crippen LogP contribution in [0.2, 0.25) is 0 Å². The fourth-order valence-electron chi connectivity index (χ4n) is 2.97. The van der Waals surface area contributed by atoms with Crippen molar-refractivity contribution < 1.29 is 28.6 Å². The number of aliphatic carboxylic acids is 1. The van der Waals surface area contributed by atoms with Gasteiger partial charge in [-0.15, -0.1) is 0 Å². The first-order chi connectivity index (χ1) is 11.3. The number of likely N-dealkylation sites (tertiary alicyclic amines) is 1. The Morgan fingerprint density at radius 1 is 1.38 bits per heavy atom. The van der Waals surface area contributed by atoms with E-state index in [1.165, 1.54) is 34.1 Å². The van der Waals surface area contributed by atoms with Gasteiger partial charge < -0.3 is 19.5 Å². The van der Waals surface area contributed by atoms with Gasteiger partial charge in [-0.1, -0.05) is 0 Å². The van der Waals surface area contributed by atoms with Gasteiger partial charge in [0, 0.05) is 18.5 Å². The molecule has 0 saturated carbocycles. The predicted octanol–water partition coefficient (Wildman–Crippen LogP) is 0.774. The van der Waals surface area contributed by atoms with Crippen molar-refractivity contribution in [3.8, 4) is 0 Å². The largest absolute Gasteiger partial charge is 0.480 e. The first kappa shape index (κ1) is 16.4. The topological polar surface area (TPSA) is 94.2 Å². The number of carbonyl (C=O) groups is 2. The maximum absolute atomic E-state index is 13.2. The highest BCUT2D eigenvalue weighted by Gasteiger charge is 2.38. The van der Waals surface area contributed by atoms with Crippen LogP contribution in [-0.4, -0.2) is 70.7 Å². The van der Waals surface area contributed by atoms with Gasteiger partial charge in [0.05, 0.1) is 18.7 Å². The number of aliphatic hydroxyl groups is 1. The van der Waals surface area contributed by atoms with E-state index < -0.39 is 29.8 Å². The Hall–Kier alpha value is -2.45. The summed E-state index contributed by atoms with van der Waals surface area (Å²) in [5, 5.41) is 19.4. The van der Waals surface area contributed by atoms with Gasteiger partial charge in [0.25, 0.3) is 5.91 Å². The minimum Gasteiger partial charge on any atom is -0.480 e. The van der Waals surface area contributed by atoms with Gasteiger partial charge in [0.2, 0.25) is 0 Å². The number of halogens is 1. The monoisotopic (exact) mass is 336 g/mol. The summed E-state index contributed by atoms with van der Waals surface area (Å²) in [4.78, 5) is 26.2. The zero-order valence-corrected chi connectivity index (χ0v) is 13.0. The third kappa shape index (κ3) is 3.10. The molecule has 2 heterocycles. The average molecular weight is 336 g/mol. The lowest BCUT2D eigenvalue weighted by Crippen LogP contribution is -2.43. The number of β-amino-alcohol motifs (C(OH)–C–C–N with tert-alkyl or cyclic N) is 1. The van der Waals surface area contributed by atoms with Gasteiger partial charge in [-0.25, -0.2) is 4.39 Å². The van der Waals surface area contributed by atoms with Gasteiger partial charge in [0.1, 0.15) is 11.4 Å². The maximum atomic E-state index is 13.2. The predicted molar refractivity (Wildman–Crippen MR) is 82.1 cm³/mol. The van der Waals surface area contributed by atoms with Crippen LogP contribution in [0.15, 0.2) is 28.7 Å². The summed E-state index contributed by atoms with van der Waals surface area (Å²) in [6.45, 7) is 0.0434. The van der Waals surface area contributed by atoms with E-state index in [4.69, 9.17) is 9.52 Å².